The topological polar surface area (TPSA) is 35.6 Å². The summed E-state index contributed by atoms with van der Waals surface area (Å²) in [6.07, 6.45) is 7.80. The van der Waals surface area contributed by atoms with Crippen LogP contribution < -0.4 is 0 Å². The molecule has 68 heavy (non-hydrogen) atoms. The van der Waals surface area contributed by atoms with E-state index in [-0.39, 0.29) is 0 Å². The van der Waals surface area contributed by atoms with E-state index in [1.165, 1.54) is 50.1 Å². The summed E-state index contributed by atoms with van der Waals surface area (Å²) in [4.78, 5) is 9.26. The molecular formula is C64H40N4. The second-order valence-corrected chi connectivity index (χ2v) is 17.8. The van der Waals surface area contributed by atoms with Gasteiger partial charge in [-0.05, 0) is 157 Å². The Morgan fingerprint density at radius 1 is 0.250 bits per heavy atom. The van der Waals surface area contributed by atoms with Crippen LogP contribution in [-0.4, -0.2) is 19.1 Å². The van der Waals surface area contributed by atoms with E-state index in [9.17, 15) is 0 Å². The smallest absolute Gasteiger partial charge is 0.0571 e. The molecule has 0 amide bonds. The van der Waals surface area contributed by atoms with Crippen LogP contribution in [0.4, 0.5) is 0 Å². The Bertz CT molecular complexity index is 3960. The van der Waals surface area contributed by atoms with Gasteiger partial charge in [0.1, 0.15) is 0 Å². The van der Waals surface area contributed by atoms with Crippen molar-refractivity contribution in [1.82, 2.24) is 19.1 Å². The van der Waals surface area contributed by atoms with Crippen molar-refractivity contribution >= 4 is 43.6 Å². The quantitative estimate of drug-likeness (QED) is 0.173. The first-order chi connectivity index (χ1) is 33.7. The molecule has 1 aliphatic carbocycles. The molecule has 4 heterocycles. The molecule has 0 bridgehead atoms. The minimum absolute atomic E-state index is 1.12. The summed E-state index contributed by atoms with van der Waals surface area (Å²) in [5, 5.41) is 4.58. The van der Waals surface area contributed by atoms with Crippen molar-refractivity contribution < 1.29 is 0 Å². The van der Waals surface area contributed by atoms with Crippen LogP contribution in [0.2, 0.25) is 0 Å². The van der Waals surface area contributed by atoms with Gasteiger partial charge in [-0.2, -0.15) is 0 Å². The van der Waals surface area contributed by atoms with Gasteiger partial charge >= 0.3 is 0 Å². The molecule has 9 aromatic carbocycles. The maximum absolute atomic E-state index is 4.63. The molecule has 0 fully saturated rings. The molecule has 0 atom stereocenters. The summed E-state index contributed by atoms with van der Waals surface area (Å²) < 4.78 is 4.70. The highest BCUT2D eigenvalue weighted by Crippen LogP contribution is 2.51. The molecule has 0 saturated heterocycles. The van der Waals surface area contributed by atoms with Crippen LogP contribution in [-0.2, 0) is 0 Å². The maximum atomic E-state index is 4.63. The number of aromatic nitrogens is 4. The molecule has 1 aliphatic rings. The van der Waals surface area contributed by atoms with E-state index in [2.05, 4.69) is 237 Å². The van der Waals surface area contributed by atoms with Crippen LogP contribution in [0.1, 0.15) is 0 Å². The van der Waals surface area contributed by atoms with Crippen molar-refractivity contribution in [3.8, 4) is 89.3 Å². The zero-order chi connectivity index (χ0) is 44.7. The Kier molecular flexibility index (Phi) is 8.55. The van der Waals surface area contributed by atoms with Gasteiger partial charge in [-0.15, -0.1) is 0 Å². The van der Waals surface area contributed by atoms with Gasteiger partial charge in [0.25, 0.3) is 0 Å². The number of fused-ring (bicyclic) bond motifs is 14. The third kappa shape index (κ3) is 5.87. The highest BCUT2D eigenvalue weighted by Gasteiger charge is 2.25. The number of hydrogen-bond acceptors (Lipinski definition) is 2. The van der Waals surface area contributed by atoms with Crippen LogP contribution in [0.15, 0.2) is 243 Å². The van der Waals surface area contributed by atoms with Gasteiger partial charge in [-0.25, -0.2) is 0 Å². The Hall–Kier alpha value is -9.12. The van der Waals surface area contributed by atoms with Gasteiger partial charge < -0.3 is 9.13 Å². The molecule has 0 unspecified atom stereocenters. The predicted octanol–water partition coefficient (Wildman–Crippen LogP) is 16.7. The molecule has 4 aromatic heterocycles. The van der Waals surface area contributed by atoms with E-state index >= 15 is 0 Å². The fourth-order valence-electron chi connectivity index (χ4n) is 11.1. The molecule has 14 rings (SSSR count). The third-order valence-corrected chi connectivity index (χ3v) is 14.1. The SMILES string of the molecule is c1ccc(-n2c3ccncc3c3cc(-c4cc(-c5ccc6c(c5)c5cnccc5n6-c5ccccc5)cc(-c5cccc6c5-c5ccccc5-c5ccccc5-c5ccccc5-6)c4)ccc32)cc1. The van der Waals surface area contributed by atoms with Crippen molar-refractivity contribution in [2.75, 3.05) is 0 Å². The van der Waals surface area contributed by atoms with E-state index < -0.39 is 0 Å². The first-order valence-corrected chi connectivity index (χ1v) is 23.2. The highest BCUT2D eigenvalue weighted by molar-refractivity contribution is 6.12. The molecule has 0 radical (unpaired) electrons. The molecule has 0 spiro atoms. The molecule has 4 nitrogen and oxygen atoms in total. The fraction of sp³-hybridized carbons (Fsp3) is 0. The second-order valence-electron chi connectivity index (χ2n) is 17.8. The molecule has 316 valence electrons. The average molecular weight is 865 g/mol. The van der Waals surface area contributed by atoms with E-state index in [0.717, 1.165) is 82.8 Å². The molecule has 0 aliphatic heterocycles. The molecule has 0 saturated carbocycles. The Morgan fingerprint density at radius 3 is 1.13 bits per heavy atom. The Labute approximate surface area is 393 Å². The minimum Gasteiger partial charge on any atom is -0.309 e. The zero-order valence-corrected chi connectivity index (χ0v) is 36.9. The lowest BCUT2D eigenvalue weighted by atomic mass is 9.78. The number of rotatable bonds is 5. The summed E-state index contributed by atoms with van der Waals surface area (Å²) in [7, 11) is 0. The van der Waals surface area contributed by atoms with Gasteiger partial charge in [0.15, 0.2) is 0 Å². The van der Waals surface area contributed by atoms with Gasteiger partial charge in [-0.3, -0.25) is 9.97 Å². The Morgan fingerprint density at radius 2 is 0.632 bits per heavy atom. The van der Waals surface area contributed by atoms with Crippen molar-refractivity contribution in [1.29, 1.82) is 0 Å². The van der Waals surface area contributed by atoms with Gasteiger partial charge in [0, 0.05) is 57.7 Å². The number of hydrogen-bond donors (Lipinski definition) is 0. The molecule has 0 N–H and O–H groups in total. The zero-order valence-electron chi connectivity index (χ0n) is 36.9. The maximum Gasteiger partial charge on any atom is 0.0571 e. The van der Waals surface area contributed by atoms with Crippen molar-refractivity contribution in [2.45, 2.75) is 0 Å². The standard InChI is InChI=1S/C64H40N4/c1-3-14-46(15-4-1)67-60-28-26-41(37-56(60)58-39-65-32-30-62(58)67)43-34-44(42-27-29-61-57(38-42)59-40-66-33-31-63(59)68(61)47-16-5-2-6-17-47)36-45(35-43)48-24-13-25-55-53-21-10-9-20-51(53)49-18-7-8-19-50(49)52-22-11-12-23-54(52)64(48)55/h1-40H. The van der Waals surface area contributed by atoms with E-state index in [4.69, 9.17) is 0 Å². The summed E-state index contributed by atoms with van der Waals surface area (Å²) in [5.74, 6) is 0. The Balaban J connectivity index is 1.04. The van der Waals surface area contributed by atoms with Crippen molar-refractivity contribution in [3.05, 3.63) is 243 Å². The summed E-state index contributed by atoms with van der Waals surface area (Å²) in [6.45, 7) is 0. The molecule has 13 aromatic rings. The van der Waals surface area contributed by atoms with Crippen LogP contribution in [0.25, 0.3) is 133 Å². The number of para-hydroxylation sites is 2. The minimum atomic E-state index is 1.12. The predicted molar refractivity (Wildman–Crippen MR) is 282 cm³/mol. The summed E-state index contributed by atoms with van der Waals surface area (Å²) in [5.41, 5.74) is 23.5. The van der Waals surface area contributed by atoms with Crippen molar-refractivity contribution in [2.24, 2.45) is 0 Å². The largest absolute Gasteiger partial charge is 0.309 e. The van der Waals surface area contributed by atoms with Crippen LogP contribution >= 0.6 is 0 Å². The van der Waals surface area contributed by atoms with Gasteiger partial charge in [0.2, 0.25) is 0 Å². The molecule has 4 heteroatoms. The lowest BCUT2D eigenvalue weighted by molar-refractivity contribution is 1.17. The molecular weight excluding hydrogens is 825 g/mol. The first-order valence-electron chi connectivity index (χ1n) is 23.2. The van der Waals surface area contributed by atoms with E-state index in [0.29, 0.717) is 0 Å². The average Bonchev–Trinajstić information content (AvgIpc) is 3.93. The van der Waals surface area contributed by atoms with Gasteiger partial charge in [-0.1, -0.05) is 140 Å². The van der Waals surface area contributed by atoms with E-state index in [1.54, 1.807) is 0 Å². The lowest BCUT2D eigenvalue weighted by Crippen LogP contribution is -1.99. The third-order valence-electron chi connectivity index (χ3n) is 14.1. The monoisotopic (exact) mass is 864 g/mol. The van der Waals surface area contributed by atoms with Crippen LogP contribution in [0, 0.1) is 0 Å². The number of pyridine rings is 2. The highest BCUT2D eigenvalue weighted by atomic mass is 15.0. The number of benzene rings is 9. The van der Waals surface area contributed by atoms with E-state index in [1.807, 2.05) is 24.8 Å². The second kappa shape index (κ2) is 15.2. The van der Waals surface area contributed by atoms with Gasteiger partial charge in [0.05, 0.1) is 22.1 Å². The summed E-state index contributed by atoms with van der Waals surface area (Å²) >= 11 is 0. The summed E-state index contributed by atoms with van der Waals surface area (Å²) in [6, 6.07) is 80.1. The first kappa shape index (κ1) is 38.2. The normalized spacial score (nSPS) is 11.8. The fourth-order valence-corrected chi connectivity index (χ4v) is 11.1. The van der Waals surface area contributed by atoms with Crippen LogP contribution in [0.3, 0.4) is 0 Å². The number of nitrogens with zero attached hydrogens (tertiary/aromatic N) is 4. The van der Waals surface area contributed by atoms with Crippen molar-refractivity contribution in [3.63, 3.8) is 0 Å². The van der Waals surface area contributed by atoms with Crippen LogP contribution in [0.5, 0.6) is 0 Å². The lowest BCUT2D eigenvalue weighted by Gasteiger charge is -2.25.